The number of hydrogen-bond donors (Lipinski definition) is 1. The average Bonchev–Trinajstić information content (AvgIpc) is 3.06. The average molecular weight is 308 g/mol. The Morgan fingerprint density at radius 1 is 1.38 bits per heavy atom. The number of urea groups is 1. The highest BCUT2D eigenvalue weighted by Gasteiger charge is 2.36. The van der Waals surface area contributed by atoms with Crippen LogP contribution in [0.1, 0.15) is 42.7 Å². The van der Waals surface area contributed by atoms with E-state index in [4.69, 9.17) is 5.11 Å². The first-order chi connectivity index (χ1) is 10.1. The summed E-state index contributed by atoms with van der Waals surface area (Å²) in [5, 5.41) is 11.1. The minimum atomic E-state index is -0.827. The summed E-state index contributed by atoms with van der Waals surface area (Å²) < 4.78 is 0. The maximum absolute atomic E-state index is 12.8. The maximum Gasteiger partial charge on any atom is 0.320 e. The summed E-state index contributed by atoms with van der Waals surface area (Å²) in [4.78, 5) is 28.8. The Bertz CT molecular complexity index is 557. The predicted molar refractivity (Wildman–Crippen MR) is 80.5 cm³/mol. The summed E-state index contributed by atoms with van der Waals surface area (Å²) in [5.74, 6) is -0.827. The van der Waals surface area contributed by atoms with Gasteiger partial charge in [0.1, 0.15) is 0 Å². The molecule has 0 aromatic carbocycles. The molecule has 114 valence electrons. The molecule has 0 aliphatic carbocycles. The van der Waals surface area contributed by atoms with Gasteiger partial charge < -0.3 is 14.9 Å². The molecule has 0 bridgehead atoms. The molecule has 0 spiro atoms. The Labute approximate surface area is 128 Å². The van der Waals surface area contributed by atoms with Gasteiger partial charge in [-0.25, -0.2) is 4.79 Å². The Kier molecular flexibility index (Phi) is 3.89. The molecule has 1 aromatic rings. The summed E-state index contributed by atoms with van der Waals surface area (Å²) in [6, 6.07) is 2.04. The van der Waals surface area contributed by atoms with Gasteiger partial charge in [0.2, 0.25) is 0 Å². The van der Waals surface area contributed by atoms with E-state index in [-0.39, 0.29) is 24.5 Å². The van der Waals surface area contributed by atoms with Crippen LogP contribution >= 0.6 is 11.3 Å². The van der Waals surface area contributed by atoms with Gasteiger partial charge in [0.15, 0.2) is 0 Å². The lowest BCUT2D eigenvalue weighted by atomic mass is 10.0. The number of hydrogen-bond acceptors (Lipinski definition) is 3. The minimum absolute atomic E-state index is 0.00287. The fourth-order valence-electron chi connectivity index (χ4n) is 3.44. The number of carboxylic acids is 1. The highest BCUT2D eigenvalue weighted by Crippen LogP contribution is 2.34. The van der Waals surface area contributed by atoms with Gasteiger partial charge in [-0.3, -0.25) is 4.79 Å². The first kappa shape index (κ1) is 14.4. The van der Waals surface area contributed by atoms with Crippen molar-refractivity contribution in [1.29, 1.82) is 0 Å². The summed E-state index contributed by atoms with van der Waals surface area (Å²) in [6.07, 6.45) is 2.65. The molecule has 1 N–H and O–H groups in total. The van der Waals surface area contributed by atoms with Crippen LogP contribution in [0.4, 0.5) is 4.79 Å². The van der Waals surface area contributed by atoms with Crippen LogP contribution in [-0.2, 0) is 11.2 Å². The molecule has 0 saturated carbocycles. The van der Waals surface area contributed by atoms with E-state index in [0.717, 1.165) is 25.8 Å². The molecular formula is C15H20N2O3S. The van der Waals surface area contributed by atoms with E-state index >= 15 is 0 Å². The first-order valence-electron chi connectivity index (χ1n) is 7.43. The molecule has 1 saturated heterocycles. The van der Waals surface area contributed by atoms with Crippen molar-refractivity contribution in [2.75, 3.05) is 13.1 Å². The number of thiophene rings is 1. The van der Waals surface area contributed by atoms with Crippen LogP contribution in [0.25, 0.3) is 0 Å². The third-order valence-electron chi connectivity index (χ3n) is 4.56. The van der Waals surface area contributed by atoms with Gasteiger partial charge in [-0.2, -0.15) is 0 Å². The summed E-state index contributed by atoms with van der Waals surface area (Å²) >= 11 is 1.75. The summed E-state index contributed by atoms with van der Waals surface area (Å²) in [5.41, 5.74) is 1.24. The molecule has 2 amide bonds. The standard InChI is InChI=1S/C15H20N2O3S/c1-10-12-5-8-21-13(12)4-7-16(10)15(20)17-6-2-3-11(17)9-14(18)19/h5,8,10-11H,2-4,6-7,9H2,1H3,(H,18,19). The number of carbonyl (C=O) groups excluding carboxylic acids is 1. The van der Waals surface area contributed by atoms with Crippen molar-refractivity contribution in [3.05, 3.63) is 21.9 Å². The number of aliphatic carboxylic acids is 1. The number of amides is 2. The fourth-order valence-corrected chi connectivity index (χ4v) is 4.40. The van der Waals surface area contributed by atoms with Gasteiger partial charge in [0.25, 0.3) is 0 Å². The van der Waals surface area contributed by atoms with Crippen LogP contribution < -0.4 is 0 Å². The zero-order valence-corrected chi connectivity index (χ0v) is 12.9. The first-order valence-corrected chi connectivity index (χ1v) is 8.31. The molecular weight excluding hydrogens is 288 g/mol. The van der Waals surface area contributed by atoms with Gasteiger partial charge in [0.05, 0.1) is 12.5 Å². The van der Waals surface area contributed by atoms with Gasteiger partial charge >= 0.3 is 12.0 Å². The molecule has 6 heteroatoms. The zero-order valence-electron chi connectivity index (χ0n) is 12.1. The van der Waals surface area contributed by atoms with Gasteiger partial charge in [-0.05, 0) is 43.2 Å². The molecule has 0 radical (unpaired) electrons. The topological polar surface area (TPSA) is 60.9 Å². The van der Waals surface area contributed by atoms with Crippen LogP contribution in [0, 0.1) is 0 Å². The molecule has 2 atom stereocenters. The Morgan fingerprint density at radius 2 is 2.19 bits per heavy atom. The van der Waals surface area contributed by atoms with Crippen molar-refractivity contribution in [3.8, 4) is 0 Å². The normalized spacial score (nSPS) is 25.0. The van der Waals surface area contributed by atoms with E-state index in [9.17, 15) is 9.59 Å². The molecule has 1 aromatic heterocycles. The molecule has 21 heavy (non-hydrogen) atoms. The molecule has 1 fully saturated rings. The summed E-state index contributed by atoms with van der Waals surface area (Å²) in [7, 11) is 0. The van der Waals surface area contributed by atoms with E-state index in [1.807, 2.05) is 4.90 Å². The quantitative estimate of drug-likeness (QED) is 0.914. The summed E-state index contributed by atoms with van der Waals surface area (Å²) in [6.45, 7) is 3.46. The smallest absolute Gasteiger partial charge is 0.320 e. The monoisotopic (exact) mass is 308 g/mol. The second-order valence-electron chi connectivity index (χ2n) is 5.79. The Morgan fingerprint density at radius 3 is 2.95 bits per heavy atom. The van der Waals surface area contributed by atoms with Crippen molar-refractivity contribution in [2.24, 2.45) is 0 Å². The van der Waals surface area contributed by atoms with Crippen LogP contribution in [0.3, 0.4) is 0 Å². The number of fused-ring (bicyclic) bond motifs is 1. The maximum atomic E-state index is 12.8. The lowest BCUT2D eigenvalue weighted by Gasteiger charge is -2.38. The van der Waals surface area contributed by atoms with Gasteiger partial charge in [-0.15, -0.1) is 11.3 Å². The van der Waals surface area contributed by atoms with Crippen LogP contribution in [0.2, 0.25) is 0 Å². The predicted octanol–water partition coefficient (Wildman–Crippen LogP) is 2.73. The number of carbonyl (C=O) groups is 2. The lowest BCUT2D eigenvalue weighted by molar-refractivity contribution is -0.138. The molecule has 3 rings (SSSR count). The number of likely N-dealkylation sites (tertiary alicyclic amines) is 1. The second kappa shape index (κ2) is 5.67. The van der Waals surface area contributed by atoms with E-state index in [2.05, 4.69) is 18.4 Å². The largest absolute Gasteiger partial charge is 0.481 e. The van der Waals surface area contributed by atoms with Crippen molar-refractivity contribution in [3.63, 3.8) is 0 Å². The van der Waals surface area contributed by atoms with Crippen molar-refractivity contribution < 1.29 is 14.7 Å². The third-order valence-corrected chi connectivity index (χ3v) is 5.55. The molecule has 2 unspecified atom stereocenters. The fraction of sp³-hybridized carbons (Fsp3) is 0.600. The second-order valence-corrected chi connectivity index (χ2v) is 6.79. The van der Waals surface area contributed by atoms with E-state index in [0.29, 0.717) is 6.54 Å². The van der Waals surface area contributed by atoms with Gasteiger partial charge in [-0.1, -0.05) is 0 Å². The molecule has 5 nitrogen and oxygen atoms in total. The van der Waals surface area contributed by atoms with Crippen molar-refractivity contribution in [1.82, 2.24) is 9.80 Å². The van der Waals surface area contributed by atoms with Gasteiger partial charge in [0, 0.05) is 24.0 Å². The zero-order chi connectivity index (χ0) is 15.0. The van der Waals surface area contributed by atoms with Crippen molar-refractivity contribution in [2.45, 2.75) is 44.7 Å². The SMILES string of the molecule is CC1c2ccsc2CCN1C(=O)N1CCCC1CC(=O)O. The van der Waals surface area contributed by atoms with Crippen LogP contribution in [-0.4, -0.2) is 46.0 Å². The van der Waals surface area contributed by atoms with Crippen LogP contribution in [0.15, 0.2) is 11.4 Å². The van der Waals surface area contributed by atoms with Crippen molar-refractivity contribution >= 4 is 23.3 Å². The number of rotatable bonds is 2. The molecule has 3 heterocycles. The Hall–Kier alpha value is -1.56. The highest BCUT2D eigenvalue weighted by molar-refractivity contribution is 7.10. The Balaban J connectivity index is 1.75. The van der Waals surface area contributed by atoms with E-state index in [1.54, 1.807) is 16.2 Å². The highest BCUT2D eigenvalue weighted by atomic mass is 32.1. The van der Waals surface area contributed by atoms with Crippen LogP contribution in [0.5, 0.6) is 0 Å². The minimum Gasteiger partial charge on any atom is -0.481 e. The van der Waals surface area contributed by atoms with E-state index < -0.39 is 5.97 Å². The molecule has 2 aliphatic heterocycles. The lowest BCUT2D eigenvalue weighted by Crippen LogP contribution is -2.48. The number of nitrogens with zero attached hydrogens (tertiary/aromatic N) is 2. The van der Waals surface area contributed by atoms with E-state index in [1.165, 1.54) is 10.4 Å². The number of carboxylic acid groups (broad SMARTS) is 1. The molecule has 2 aliphatic rings. The third kappa shape index (κ3) is 2.64.